The number of rotatable bonds is 6. The van der Waals surface area contributed by atoms with Crippen LogP contribution >= 0.6 is 0 Å². The van der Waals surface area contributed by atoms with E-state index in [1.54, 1.807) is 0 Å². The van der Waals surface area contributed by atoms with Crippen molar-refractivity contribution in [2.24, 2.45) is 43.3 Å². The first-order valence-corrected chi connectivity index (χ1v) is 8.00. The Morgan fingerprint density at radius 2 is 0.926 bits per heavy atom. The third kappa shape index (κ3) is 6.16. The number of hydrogen-bond acceptors (Lipinski definition) is 5. The maximum absolute atomic E-state index is 5.83. The molecular weight excluding hydrogens is 344 g/mol. The summed E-state index contributed by atoms with van der Waals surface area (Å²) >= 11 is 0. The summed E-state index contributed by atoms with van der Waals surface area (Å²) in [6.07, 6.45) is 0. The third-order valence-corrected chi connectivity index (χ3v) is 3.41. The molecular formula is C18H22N8O. The van der Waals surface area contributed by atoms with Gasteiger partial charge in [-0.25, -0.2) is 0 Å². The molecule has 0 aromatic heterocycles. The first-order chi connectivity index (χ1) is 12.8. The molecule has 0 spiro atoms. The van der Waals surface area contributed by atoms with Crippen LogP contribution in [0, 0.1) is 0 Å². The molecule has 9 heteroatoms. The Hall–Kier alpha value is -3.88. The Kier molecular flexibility index (Phi) is 6.48. The summed E-state index contributed by atoms with van der Waals surface area (Å²) in [6.45, 7) is 3.63. The lowest BCUT2D eigenvalue weighted by molar-refractivity contribution is 0.482. The van der Waals surface area contributed by atoms with Gasteiger partial charge in [0.25, 0.3) is 0 Å². The minimum atomic E-state index is -0.0867. The minimum absolute atomic E-state index is 0.0867. The second-order valence-electron chi connectivity index (χ2n) is 5.57. The summed E-state index contributed by atoms with van der Waals surface area (Å²) in [5.74, 6) is 1.20. The highest BCUT2D eigenvalue weighted by Gasteiger charge is 2.02. The van der Waals surface area contributed by atoms with E-state index in [2.05, 4.69) is 20.4 Å². The zero-order valence-corrected chi connectivity index (χ0v) is 15.1. The van der Waals surface area contributed by atoms with E-state index in [0.29, 0.717) is 22.9 Å². The van der Waals surface area contributed by atoms with Gasteiger partial charge < -0.3 is 27.7 Å². The number of nitrogens with zero attached hydrogens (tertiary/aromatic N) is 4. The van der Waals surface area contributed by atoms with E-state index < -0.39 is 0 Å². The van der Waals surface area contributed by atoms with Crippen molar-refractivity contribution in [2.75, 3.05) is 0 Å². The molecule has 2 aromatic rings. The molecule has 0 atom stereocenters. The summed E-state index contributed by atoms with van der Waals surface area (Å²) in [5.41, 5.74) is 24.2. The van der Waals surface area contributed by atoms with Crippen molar-refractivity contribution in [3.8, 4) is 11.5 Å². The molecule has 0 aliphatic rings. The highest BCUT2D eigenvalue weighted by Crippen LogP contribution is 2.22. The van der Waals surface area contributed by atoms with E-state index in [1.807, 2.05) is 62.4 Å². The van der Waals surface area contributed by atoms with E-state index in [4.69, 9.17) is 27.7 Å². The van der Waals surface area contributed by atoms with Gasteiger partial charge in [-0.05, 0) is 73.5 Å². The first-order valence-electron chi connectivity index (χ1n) is 8.00. The Balaban J connectivity index is 2.07. The molecule has 140 valence electrons. The van der Waals surface area contributed by atoms with Crippen LogP contribution in [0.15, 0.2) is 68.9 Å². The molecule has 0 aliphatic carbocycles. The van der Waals surface area contributed by atoms with Gasteiger partial charge >= 0.3 is 0 Å². The van der Waals surface area contributed by atoms with Crippen LogP contribution < -0.4 is 27.7 Å². The summed E-state index contributed by atoms with van der Waals surface area (Å²) in [7, 11) is 0. The molecule has 8 N–H and O–H groups in total. The van der Waals surface area contributed by atoms with Crippen molar-refractivity contribution < 1.29 is 4.74 Å². The molecule has 0 amide bonds. The standard InChI is InChI=1S/C18H22N8O/c1-11(23-25-17(19)20)13-3-7-15(8-4-13)27-16-9-5-14(6-10-16)12(2)24-26-18(21)22/h3-10H,1-2H3,(H4,19,20,25)(H4,21,22,26)/b23-11+,24-12+. The van der Waals surface area contributed by atoms with Gasteiger partial charge in [-0.1, -0.05) is 0 Å². The molecule has 0 saturated carbocycles. The first kappa shape index (κ1) is 19.4. The second kappa shape index (κ2) is 8.99. The van der Waals surface area contributed by atoms with E-state index >= 15 is 0 Å². The Morgan fingerprint density at radius 1 is 0.593 bits per heavy atom. The topological polar surface area (TPSA) is 163 Å². The van der Waals surface area contributed by atoms with E-state index in [1.165, 1.54) is 0 Å². The van der Waals surface area contributed by atoms with Gasteiger partial charge in [-0.2, -0.15) is 10.2 Å². The lowest BCUT2D eigenvalue weighted by atomic mass is 10.1. The van der Waals surface area contributed by atoms with E-state index in [-0.39, 0.29) is 11.9 Å². The summed E-state index contributed by atoms with van der Waals surface area (Å²) < 4.78 is 5.83. The van der Waals surface area contributed by atoms with Crippen molar-refractivity contribution >= 4 is 23.3 Å². The smallest absolute Gasteiger partial charge is 0.211 e. The monoisotopic (exact) mass is 366 g/mol. The lowest BCUT2D eigenvalue weighted by Gasteiger charge is -2.07. The average molecular weight is 366 g/mol. The predicted molar refractivity (Wildman–Crippen MR) is 109 cm³/mol. The van der Waals surface area contributed by atoms with Crippen LogP contribution in [0.3, 0.4) is 0 Å². The highest BCUT2D eigenvalue weighted by atomic mass is 16.5. The van der Waals surface area contributed by atoms with Gasteiger partial charge in [-0.3, -0.25) is 0 Å². The molecule has 9 nitrogen and oxygen atoms in total. The van der Waals surface area contributed by atoms with Gasteiger partial charge in [0.1, 0.15) is 11.5 Å². The quantitative estimate of drug-likeness (QED) is 0.345. The van der Waals surface area contributed by atoms with Gasteiger partial charge in [0, 0.05) is 0 Å². The van der Waals surface area contributed by atoms with Crippen LogP contribution in [-0.4, -0.2) is 23.3 Å². The zero-order chi connectivity index (χ0) is 19.8. The van der Waals surface area contributed by atoms with Crippen molar-refractivity contribution in [3.05, 3.63) is 59.7 Å². The molecule has 27 heavy (non-hydrogen) atoms. The van der Waals surface area contributed by atoms with E-state index in [9.17, 15) is 0 Å². The maximum atomic E-state index is 5.83. The van der Waals surface area contributed by atoms with Crippen molar-refractivity contribution in [1.29, 1.82) is 0 Å². The zero-order valence-electron chi connectivity index (χ0n) is 15.1. The Bertz CT molecular complexity index is 812. The third-order valence-electron chi connectivity index (χ3n) is 3.41. The summed E-state index contributed by atoms with van der Waals surface area (Å²) in [6, 6.07) is 14.8. The summed E-state index contributed by atoms with van der Waals surface area (Å²) in [4.78, 5) is 0. The molecule has 0 radical (unpaired) electrons. The molecule has 0 bridgehead atoms. The van der Waals surface area contributed by atoms with Crippen LogP contribution in [0.2, 0.25) is 0 Å². The fourth-order valence-corrected chi connectivity index (χ4v) is 2.05. The lowest BCUT2D eigenvalue weighted by Crippen LogP contribution is -2.22. The fourth-order valence-electron chi connectivity index (χ4n) is 2.05. The van der Waals surface area contributed by atoms with E-state index in [0.717, 1.165) is 11.1 Å². The highest BCUT2D eigenvalue weighted by molar-refractivity contribution is 5.99. The predicted octanol–water partition coefficient (Wildman–Crippen LogP) is 1.47. The Morgan fingerprint density at radius 3 is 1.22 bits per heavy atom. The molecule has 0 heterocycles. The Labute approximate surface area is 157 Å². The van der Waals surface area contributed by atoms with Crippen LogP contribution in [0.4, 0.5) is 0 Å². The molecule has 0 saturated heterocycles. The molecule has 2 aromatic carbocycles. The minimum Gasteiger partial charge on any atom is -0.457 e. The number of hydrogen-bond donors (Lipinski definition) is 4. The van der Waals surface area contributed by atoms with Crippen molar-refractivity contribution in [3.63, 3.8) is 0 Å². The number of guanidine groups is 2. The molecule has 0 unspecified atom stereocenters. The van der Waals surface area contributed by atoms with Gasteiger partial charge in [0.05, 0.1) is 11.4 Å². The van der Waals surface area contributed by atoms with Crippen LogP contribution in [0.25, 0.3) is 0 Å². The van der Waals surface area contributed by atoms with Gasteiger partial charge in [0.2, 0.25) is 11.9 Å². The normalized spacial score (nSPS) is 11.6. The molecule has 2 rings (SSSR count). The van der Waals surface area contributed by atoms with Gasteiger partial charge in [0.15, 0.2) is 0 Å². The molecule has 0 aliphatic heterocycles. The van der Waals surface area contributed by atoms with Crippen LogP contribution in [-0.2, 0) is 0 Å². The number of ether oxygens (including phenoxy) is 1. The number of nitrogens with two attached hydrogens (primary N) is 4. The van der Waals surface area contributed by atoms with Crippen LogP contribution in [0.5, 0.6) is 11.5 Å². The SMILES string of the molecule is C/C(=N\N=C(N)N)c1ccc(Oc2ccc(/C(C)=N/N=C(N)N)cc2)cc1. The second-order valence-corrected chi connectivity index (χ2v) is 5.57. The maximum Gasteiger partial charge on any atom is 0.211 e. The van der Waals surface area contributed by atoms with Gasteiger partial charge in [-0.15, -0.1) is 10.2 Å². The molecule has 0 fully saturated rings. The number of benzene rings is 2. The van der Waals surface area contributed by atoms with Crippen LogP contribution in [0.1, 0.15) is 25.0 Å². The van der Waals surface area contributed by atoms with Crippen molar-refractivity contribution in [2.45, 2.75) is 13.8 Å². The fraction of sp³-hybridized carbons (Fsp3) is 0.111. The average Bonchev–Trinajstić information content (AvgIpc) is 2.65. The largest absolute Gasteiger partial charge is 0.457 e. The van der Waals surface area contributed by atoms with Crippen molar-refractivity contribution in [1.82, 2.24) is 0 Å². The summed E-state index contributed by atoms with van der Waals surface area (Å²) in [5, 5.41) is 15.1.